The van der Waals surface area contributed by atoms with Crippen molar-refractivity contribution in [2.24, 2.45) is 0 Å². The van der Waals surface area contributed by atoms with Gasteiger partial charge in [0, 0.05) is 22.2 Å². The van der Waals surface area contributed by atoms with Crippen LogP contribution in [-0.2, 0) is 6.42 Å². The Morgan fingerprint density at radius 3 is 3.20 bits per heavy atom. The molecule has 2 rings (SSSR count). The Morgan fingerprint density at radius 2 is 2.40 bits per heavy atom. The minimum atomic E-state index is 0.304. The van der Waals surface area contributed by atoms with Crippen LogP contribution >= 0.6 is 11.3 Å². The van der Waals surface area contributed by atoms with Crippen molar-refractivity contribution in [1.82, 2.24) is 0 Å². The third-order valence-corrected chi connectivity index (χ3v) is 2.70. The van der Waals surface area contributed by atoms with E-state index in [4.69, 9.17) is 0 Å². The fraction of sp³-hybridized carbons (Fsp3) is 0.375. The van der Waals surface area contributed by atoms with Gasteiger partial charge in [-0.15, -0.1) is 11.3 Å². The van der Waals surface area contributed by atoms with Gasteiger partial charge in [0.05, 0.1) is 0 Å². The predicted molar refractivity (Wildman–Crippen MR) is 40.4 cm³/mol. The summed E-state index contributed by atoms with van der Waals surface area (Å²) in [4.78, 5) is 12.4. The molecule has 1 aromatic heterocycles. The summed E-state index contributed by atoms with van der Waals surface area (Å²) in [6.45, 7) is 0. The molecule has 1 aromatic rings. The number of fused-ring (bicyclic) bond motifs is 1. The SMILES string of the molecule is O=C1CCCc2s[c]cc21. The fourth-order valence-corrected chi connectivity index (χ4v) is 2.11. The van der Waals surface area contributed by atoms with Crippen LogP contribution in [0.2, 0.25) is 0 Å². The molecule has 0 N–H and O–H groups in total. The second kappa shape index (κ2) is 2.20. The highest BCUT2D eigenvalue weighted by Gasteiger charge is 2.17. The van der Waals surface area contributed by atoms with Crippen LogP contribution < -0.4 is 0 Å². The third-order valence-electron chi connectivity index (χ3n) is 1.79. The molecule has 10 heavy (non-hydrogen) atoms. The van der Waals surface area contributed by atoms with E-state index in [-0.39, 0.29) is 0 Å². The maximum absolute atomic E-state index is 11.1. The molecular weight excluding hydrogens is 144 g/mol. The summed E-state index contributed by atoms with van der Waals surface area (Å²) in [5, 5.41) is 2.99. The van der Waals surface area contributed by atoms with Crippen molar-refractivity contribution in [2.45, 2.75) is 19.3 Å². The number of Topliss-reactive ketones (excluding diaryl/α,β-unsaturated/α-hetero) is 1. The van der Waals surface area contributed by atoms with Crippen molar-refractivity contribution in [3.8, 4) is 0 Å². The topological polar surface area (TPSA) is 17.1 Å². The molecule has 0 saturated carbocycles. The summed E-state index contributed by atoms with van der Waals surface area (Å²) in [5.41, 5.74) is 0.927. The number of thiophene rings is 1. The molecule has 2 heteroatoms. The Labute approximate surface area is 63.7 Å². The highest BCUT2D eigenvalue weighted by Crippen LogP contribution is 2.24. The van der Waals surface area contributed by atoms with E-state index in [1.165, 1.54) is 4.88 Å². The lowest BCUT2D eigenvalue weighted by Gasteiger charge is -2.07. The molecule has 0 unspecified atom stereocenters. The molecule has 51 valence electrons. The van der Waals surface area contributed by atoms with Gasteiger partial charge in [-0.05, 0) is 18.9 Å². The summed E-state index contributed by atoms with van der Waals surface area (Å²) in [6.07, 6.45) is 2.84. The number of aryl methyl sites for hydroxylation is 1. The van der Waals surface area contributed by atoms with Crippen LogP contribution in [0.3, 0.4) is 0 Å². The first-order chi connectivity index (χ1) is 4.88. The number of carbonyl (C=O) groups excluding carboxylic acids is 1. The number of rotatable bonds is 0. The molecular formula is C8H7OS. The first-order valence-electron chi connectivity index (χ1n) is 3.40. The quantitative estimate of drug-likeness (QED) is 0.554. The van der Waals surface area contributed by atoms with Crippen LogP contribution in [0.15, 0.2) is 6.07 Å². The lowest BCUT2D eigenvalue weighted by Crippen LogP contribution is -2.06. The van der Waals surface area contributed by atoms with Crippen molar-refractivity contribution in [3.05, 3.63) is 21.9 Å². The number of hydrogen-bond donors (Lipinski definition) is 0. The molecule has 0 bridgehead atoms. The Bertz CT molecular complexity index is 262. The minimum absolute atomic E-state index is 0.304. The zero-order valence-electron chi connectivity index (χ0n) is 5.52. The van der Waals surface area contributed by atoms with E-state index < -0.39 is 0 Å². The van der Waals surface area contributed by atoms with Crippen molar-refractivity contribution < 1.29 is 4.79 Å². The monoisotopic (exact) mass is 151 g/mol. The largest absolute Gasteiger partial charge is 0.294 e. The Morgan fingerprint density at radius 1 is 1.50 bits per heavy atom. The Kier molecular flexibility index (Phi) is 1.34. The van der Waals surface area contributed by atoms with Crippen molar-refractivity contribution >= 4 is 17.1 Å². The van der Waals surface area contributed by atoms with Gasteiger partial charge in [0.25, 0.3) is 0 Å². The molecule has 0 aromatic carbocycles. The van der Waals surface area contributed by atoms with Crippen molar-refractivity contribution in [1.29, 1.82) is 0 Å². The summed E-state index contributed by atoms with van der Waals surface area (Å²) in [7, 11) is 0. The zero-order chi connectivity index (χ0) is 6.97. The van der Waals surface area contributed by atoms with E-state index >= 15 is 0 Å². The normalized spacial score (nSPS) is 17.0. The van der Waals surface area contributed by atoms with E-state index in [2.05, 4.69) is 5.38 Å². The van der Waals surface area contributed by atoms with Crippen LogP contribution in [0, 0.1) is 5.38 Å². The number of ketones is 1. The molecule has 0 aliphatic heterocycles. The highest BCUT2D eigenvalue weighted by molar-refractivity contribution is 7.09. The van der Waals surface area contributed by atoms with Crippen molar-refractivity contribution in [3.63, 3.8) is 0 Å². The second-order valence-corrected chi connectivity index (χ2v) is 3.41. The van der Waals surface area contributed by atoms with Gasteiger partial charge in [-0.1, -0.05) is 0 Å². The zero-order valence-corrected chi connectivity index (χ0v) is 6.33. The van der Waals surface area contributed by atoms with E-state index in [0.29, 0.717) is 5.78 Å². The van der Waals surface area contributed by atoms with Gasteiger partial charge in [-0.3, -0.25) is 4.79 Å². The maximum atomic E-state index is 11.1. The summed E-state index contributed by atoms with van der Waals surface area (Å²) in [5.74, 6) is 0.304. The van der Waals surface area contributed by atoms with Crippen LogP contribution in [0.4, 0.5) is 0 Å². The lowest BCUT2D eigenvalue weighted by molar-refractivity contribution is 0.0973. The van der Waals surface area contributed by atoms with E-state index in [1.54, 1.807) is 11.3 Å². The summed E-state index contributed by atoms with van der Waals surface area (Å²) < 4.78 is 0. The molecule has 0 amide bonds. The molecule has 1 radical (unpaired) electrons. The highest BCUT2D eigenvalue weighted by atomic mass is 32.1. The number of hydrogen-bond acceptors (Lipinski definition) is 2. The Balaban J connectivity index is 2.50. The van der Waals surface area contributed by atoms with Gasteiger partial charge >= 0.3 is 0 Å². The van der Waals surface area contributed by atoms with Gasteiger partial charge in [0.15, 0.2) is 5.78 Å². The second-order valence-electron chi connectivity index (χ2n) is 2.48. The van der Waals surface area contributed by atoms with Gasteiger partial charge in [0.2, 0.25) is 0 Å². The molecule has 1 aliphatic rings. The van der Waals surface area contributed by atoms with Gasteiger partial charge in [0.1, 0.15) is 0 Å². The smallest absolute Gasteiger partial charge is 0.164 e. The molecule has 0 fully saturated rings. The lowest BCUT2D eigenvalue weighted by atomic mass is 9.98. The molecule has 0 atom stereocenters. The average molecular weight is 151 g/mol. The van der Waals surface area contributed by atoms with E-state index in [9.17, 15) is 4.79 Å². The minimum Gasteiger partial charge on any atom is -0.294 e. The third kappa shape index (κ3) is 0.797. The molecule has 1 nitrogen and oxygen atoms in total. The summed E-state index contributed by atoms with van der Waals surface area (Å²) >= 11 is 1.58. The van der Waals surface area contributed by atoms with E-state index in [1.807, 2.05) is 6.07 Å². The maximum Gasteiger partial charge on any atom is 0.164 e. The standard InChI is InChI=1S/C8H7OS/c9-7-2-1-3-8-6(7)4-5-10-8/h4H,1-3H2. The summed E-state index contributed by atoms with van der Waals surface area (Å²) in [6, 6.07) is 1.82. The van der Waals surface area contributed by atoms with Crippen LogP contribution in [-0.4, -0.2) is 5.78 Å². The van der Waals surface area contributed by atoms with Crippen LogP contribution in [0.5, 0.6) is 0 Å². The van der Waals surface area contributed by atoms with Gasteiger partial charge in [-0.2, -0.15) is 0 Å². The van der Waals surface area contributed by atoms with Gasteiger partial charge in [-0.25, -0.2) is 0 Å². The van der Waals surface area contributed by atoms with Crippen LogP contribution in [0.25, 0.3) is 0 Å². The van der Waals surface area contributed by atoms with Crippen molar-refractivity contribution in [2.75, 3.05) is 0 Å². The predicted octanol–water partition coefficient (Wildman–Crippen LogP) is 2.07. The molecule has 0 spiro atoms. The van der Waals surface area contributed by atoms with Crippen LogP contribution in [0.1, 0.15) is 28.1 Å². The van der Waals surface area contributed by atoms with E-state index in [0.717, 1.165) is 24.8 Å². The number of carbonyl (C=O) groups is 1. The average Bonchev–Trinajstić information content (AvgIpc) is 2.36. The molecule has 1 heterocycles. The first-order valence-corrected chi connectivity index (χ1v) is 4.21. The fourth-order valence-electron chi connectivity index (χ4n) is 1.26. The van der Waals surface area contributed by atoms with Gasteiger partial charge < -0.3 is 0 Å². The Hall–Kier alpha value is -0.630. The molecule has 1 aliphatic carbocycles. The first kappa shape index (κ1) is 6.10. The molecule has 0 saturated heterocycles.